The van der Waals surface area contributed by atoms with Crippen LogP contribution in [0.5, 0.6) is 0 Å². The fourth-order valence-corrected chi connectivity index (χ4v) is 2.29. The van der Waals surface area contributed by atoms with Crippen molar-refractivity contribution in [3.8, 4) is 11.5 Å². The highest BCUT2D eigenvalue weighted by Gasteiger charge is 2.18. The summed E-state index contributed by atoms with van der Waals surface area (Å²) >= 11 is 0. The van der Waals surface area contributed by atoms with Crippen LogP contribution in [-0.4, -0.2) is 42.0 Å². The van der Waals surface area contributed by atoms with Crippen LogP contribution >= 0.6 is 0 Å². The minimum atomic E-state index is -0.306. The number of hydrogen-bond acceptors (Lipinski definition) is 4. The lowest BCUT2D eigenvalue weighted by Gasteiger charge is -2.27. The van der Waals surface area contributed by atoms with E-state index in [-0.39, 0.29) is 18.1 Å². The molecule has 1 amide bonds. The van der Waals surface area contributed by atoms with Gasteiger partial charge in [0.2, 0.25) is 11.8 Å². The third kappa shape index (κ3) is 3.28. The summed E-state index contributed by atoms with van der Waals surface area (Å²) in [7, 11) is 0. The average Bonchev–Trinajstić information content (AvgIpc) is 2.97. The third-order valence-corrected chi connectivity index (χ3v) is 3.44. The first-order valence-corrected chi connectivity index (χ1v) is 6.91. The standard InChI is InChI=1S/C15H16FN3O2/c16-12-3-1-11(2-4-12)15-18-13(10-21-15)9-14(20)19-7-5-17-6-8-19/h1-4,10,17H,5-9H2. The largest absolute Gasteiger partial charge is 0.444 e. The molecule has 0 unspecified atom stereocenters. The number of carbonyl (C=O) groups excluding carboxylic acids is 1. The number of halogens is 1. The predicted octanol–water partition coefficient (Wildman–Crippen LogP) is 1.45. The molecular weight excluding hydrogens is 273 g/mol. The van der Waals surface area contributed by atoms with Gasteiger partial charge < -0.3 is 14.6 Å². The number of aromatic nitrogens is 1. The molecule has 0 atom stereocenters. The molecule has 6 heteroatoms. The van der Waals surface area contributed by atoms with Crippen molar-refractivity contribution in [2.75, 3.05) is 26.2 Å². The molecule has 1 aromatic heterocycles. The van der Waals surface area contributed by atoms with Crippen LogP contribution in [0.15, 0.2) is 34.9 Å². The minimum absolute atomic E-state index is 0.0513. The first-order valence-electron chi connectivity index (χ1n) is 6.91. The first kappa shape index (κ1) is 13.8. The van der Waals surface area contributed by atoms with Gasteiger partial charge in [-0.1, -0.05) is 0 Å². The van der Waals surface area contributed by atoms with Gasteiger partial charge in [0.05, 0.1) is 12.1 Å². The van der Waals surface area contributed by atoms with Gasteiger partial charge in [-0.15, -0.1) is 0 Å². The van der Waals surface area contributed by atoms with Crippen molar-refractivity contribution in [2.24, 2.45) is 0 Å². The maximum Gasteiger partial charge on any atom is 0.228 e. The lowest BCUT2D eigenvalue weighted by Crippen LogP contribution is -2.46. The van der Waals surface area contributed by atoms with Crippen molar-refractivity contribution >= 4 is 5.91 Å². The van der Waals surface area contributed by atoms with E-state index >= 15 is 0 Å². The van der Waals surface area contributed by atoms with Gasteiger partial charge in [0.15, 0.2) is 0 Å². The van der Waals surface area contributed by atoms with Crippen LogP contribution in [-0.2, 0) is 11.2 Å². The molecule has 2 aromatic rings. The number of amides is 1. The Labute approximate surface area is 121 Å². The van der Waals surface area contributed by atoms with Gasteiger partial charge in [-0.2, -0.15) is 0 Å². The Bertz CT molecular complexity index is 618. The summed E-state index contributed by atoms with van der Waals surface area (Å²) in [6.07, 6.45) is 1.71. The zero-order chi connectivity index (χ0) is 14.7. The predicted molar refractivity (Wildman–Crippen MR) is 75.1 cm³/mol. The Morgan fingerprint density at radius 3 is 2.71 bits per heavy atom. The van der Waals surface area contributed by atoms with Crippen molar-refractivity contribution in [1.82, 2.24) is 15.2 Å². The molecular formula is C15H16FN3O2. The van der Waals surface area contributed by atoms with Crippen LogP contribution in [0, 0.1) is 5.82 Å². The third-order valence-electron chi connectivity index (χ3n) is 3.44. The van der Waals surface area contributed by atoms with E-state index in [1.54, 1.807) is 12.1 Å². The number of benzene rings is 1. The molecule has 2 heterocycles. The quantitative estimate of drug-likeness (QED) is 0.929. The zero-order valence-corrected chi connectivity index (χ0v) is 11.5. The highest BCUT2D eigenvalue weighted by Crippen LogP contribution is 2.19. The fraction of sp³-hybridized carbons (Fsp3) is 0.333. The Morgan fingerprint density at radius 1 is 1.29 bits per heavy atom. The van der Waals surface area contributed by atoms with Crippen LogP contribution < -0.4 is 5.32 Å². The Hall–Kier alpha value is -2.21. The number of piperazine rings is 1. The Balaban J connectivity index is 1.67. The molecule has 110 valence electrons. The highest BCUT2D eigenvalue weighted by molar-refractivity contribution is 5.78. The summed E-state index contributed by atoms with van der Waals surface area (Å²) in [4.78, 5) is 18.2. The molecule has 1 N–H and O–H groups in total. The molecule has 0 spiro atoms. The van der Waals surface area contributed by atoms with E-state index < -0.39 is 0 Å². The maximum atomic E-state index is 12.9. The molecule has 0 bridgehead atoms. The van der Waals surface area contributed by atoms with E-state index in [1.807, 2.05) is 4.90 Å². The van der Waals surface area contributed by atoms with E-state index in [1.165, 1.54) is 18.4 Å². The van der Waals surface area contributed by atoms with Gasteiger partial charge >= 0.3 is 0 Å². The van der Waals surface area contributed by atoms with E-state index in [2.05, 4.69) is 10.3 Å². The van der Waals surface area contributed by atoms with Gasteiger partial charge in [-0.25, -0.2) is 9.37 Å². The molecule has 0 radical (unpaired) electrons. The summed E-state index contributed by atoms with van der Waals surface area (Å²) in [5.41, 5.74) is 1.29. The van der Waals surface area contributed by atoms with Crippen LogP contribution in [0.25, 0.3) is 11.5 Å². The maximum absolute atomic E-state index is 12.9. The van der Waals surface area contributed by atoms with E-state index in [0.717, 1.165) is 26.2 Å². The molecule has 5 nitrogen and oxygen atoms in total. The molecule has 0 saturated carbocycles. The Morgan fingerprint density at radius 2 is 2.00 bits per heavy atom. The molecule has 21 heavy (non-hydrogen) atoms. The SMILES string of the molecule is O=C(Cc1coc(-c2ccc(F)cc2)n1)N1CCNCC1. The number of carbonyl (C=O) groups is 1. The van der Waals surface area contributed by atoms with Crippen molar-refractivity contribution in [2.45, 2.75) is 6.42 Å². The second kappa shape index (κ2) is 6.05. The molecule has 1 fully saturated rings. The zero-order valence-electron chi connectivity index (χ0n) is 11.5. The average molecular weight is 289 g/mol. The lowest BCUT2D eigenvalue weighted by molar-refractivity contribution is -0.131. The first-order chi connectivity index (χ1) is 10.2. The van der Waals surface area contributed by atoms with E-state index in [4.69, 9.17) is 4.42 Å². The molecule has 1 aliphatic rings. The normalized spacial score (nSPS) is 15.2. The number of hydrogen-bond donors (Lipinski definition) is 1. The van der Waals surface area contributed by atoms with Gasteiger partial charge in [0.1, 0.15) is 12.1 Å². The number of nitrogens with zero attached hydrogens (tertiary/aromatic N) is 2. The fourth-order valence-electron chi connectivity index (χ4n) is 2.29. The Kier molecular flexibility index (Phi) is 3.96. The molecule has 0 aliphatic carbocycles. The summed E-state index contributed by atoms with van der Waals surface area (Å²) in [5.74, 6) is 0.146. The summed E-state index contributed by atoms with van der Waals surface area (Å²) in [6.45, 7) is 3.10. The van der Waals surface area contributed by atoms with Crippen molar-refractivity contribution < 1.29 is 13.6 Å². The molecule has 3 rings (SSSR count). The van der Waals surface area contributed by atoms with Crippen LogP contribution in [0.4, 0.5) is 4.39 Å². The summed E-state index contributed by atoms with van der Waals surface area (Å²) in [6, 6.07) is 5.91. The van der Waals surface area contributed by atoms with Crippen LogP contribution in [0.2, 0.25) is 0 Å². The highest BCUT2D eigenvalue weighted by atomic mass is 19.1. The van der Waals surface area contributed by atoms with Gasteiger partial charge in [-0.05, 0) is 24.3 Å². The minimum Gasteiger partial charge on any atom is -0.444 e. The van der Waals surface area contributed by atoms with Crippen molar-refractivity contribution in [3.05, 3.63) is 42.0 Å². The van der Waals surface area contributed by atoms with Crippen molar-refractivity contribution in [1.29, 1.82) is 0 Å². The number of rotatable bonds is 3. The number of nitrogens with one attached hydrogen (secondary N) is 1. The molecule has 1 saturated heterocycles. The monoisotopic (exact) mass is 289 g/mol. The molecule has 1 aliphatic heterocycles. The van der Waals surface area contributed by atoms with Gasteiger partial charge in [-0.3, -0.25) is 4.79 Å². The smallest absolute Gasteiger partial charge is 0.228 e. The van der Waals surface area contributed by atoms with Crippen LogP contribution in [0.1, 0.15) is 5.69 Å². The number of oxazole rings is 1. The van der Waals surface area contributed by atoms with Gasteiger partial charge in [0.25, 0.3) is 0 Å². The van der Waals surface area contributed by atoms with E-state index in [9.17, 15) is 9.18 Å². The molecule has 1 aromatic carbocycles. The van der Waals surface area contributed by atoms with Crippen molar-refractivity contribution in [3.63, 3.8) is 0 Å². The lowest BCUT2D eigenvalue weighted by atomic mass is 10.2. The second-order valence-corrected chi connectivity index (χ2v) is 4.96. The second-order valence-electron chi connectivity index (χ2n) is 4.96. The van der Waals surface area contributed by atoms with Crippen LogP contribution in [0.3, 0.4) is 0 Å². The topological polar surface area (TPSA) is 58.4 Å². The van der Waals surface area contributed by atoms with Gasteiger partial charge in [0, 0.05) is 31.7 Å². The summed E-state index contributed by atoms with van der Waals surface area (Å²) < 4.78 is 18.2. The van der Waals surface area contributed by atoms with E-state index in [0.29, 0.717) is 17.1 Å². The summed E-state index contributed by atoms with van der Waals surface area (Å²) in [5, 5.41) is 3.20.